The molecule has 4 heteroatoms. The Hall–Kier alpha value is -1.05. The van der Waals surface area contributed by atoms with E-state index in [1.165, 1.54) is 0 Å². The third-order valence-electron chi connectivity index (χ3n) is 1.95. The van der Waals surface area contributed by atoms with E-state index in [4.69, 9.17) is 15.7 Å². The highest BCUT2D eigenvalue weighted by molar-refractivity contribution is 9.10. The largest absolute Gasteiger partial charge is 0.496 e. The Balaban J connectivity index is 3.32. The zero-order chi connectivity index (χ0) is 10.8. The van der Waals surface area contributed by atoms with Crippen LogP contribution < -0.4 is 10.5 Å². The SMILES string of the molecule is COc1ccc(Br)cc1C(C)(N)C#N. The van der Waals surface area contributed by atoms with Crippen molar-refractivity contribution in [3.63, 3.8) is 0 Å². The molecule has 1 atom stereocenters. The number of nitrogens with two attached hydrogens (primary N) is 1. The molecule has 3 nitrogen and oxygen atoms in total. The number of ether oxygens (including phenoxy) is 1. The number of nitriles is 1. The number of rotatable bonds is 2. The van der Waals surface area contributed by atoms with E-state index < -0.39 is 5.54 Å². The van der Waals surface area contributed by atoms with Gasteiger partial charge >= 0.3 is 0 Å². The average Bonchev–Trinajstić information content (AvgIpc) is 2.18. The normalized spacial score (nSPS) is 14.2. The van der Waals surface area contributed by atoms with Crippen molar-refractivity contribution in [3.8, 4) is 11.8 Å². The summed E-state index contributed by atoms with van der Waals surface area (Å²) in [5.41, 5.74) is 5.47. The molecule has 0 radical (unpaired) electrons. The number of hydrogen-bond donors (Lipinski definition) is 1. The van der Waals surface area contributed by atoms with Gasteiger partial charge in [-0.05, 0) is 25.1 Å². The predicted octanol–water partition coefficient (Wildman–Crippen LogP) is 2.16. The summed E-state index contributed by atoms with van der Waals surface area (Å²) < 4.78 is 6.01. The summed E-state index contributed by atoms with van der Waals surface area (Å²) >= 11 is 3.33. The standard InChI is InChI=1S/C10H11BrN2O/c1-10(13,6-12)8-5-7(11)3-4-9(8)14-2/h3-5H,13H2,1-2H3. The fourth-order valence-electron chi connectivity index (χ4n) is 1.15. The van der Waals surface area contributed by atoms with Crippen LogP contribution >= 0.6 is 15.9 Å². The van der Waals surface area contributed by atoms with Crippen LogP contribution in [-0.4, -0.2) is 7.11 Å². The third-order valence-corrected chi connectivity index (χ3v) is 2.45. The van der Waals surface area contributed by atoms with Gasteiger partial charge in [0.15, 0.2) is 0 Å². The lowest BCUT2D eigenvalue weighted by Gasteiger charge is -2.19. The first-order valence-corrected chi connectivity index (χ1v) is 4.84. The lowest BCUT2D eigenvalue weighted by molar-refractivity contribution is 0.401. The molecule has 14 heavy (non-hydrogen) atoms. The number of methoxy groups -OCH3 is 1. The van der Waals surface area contributed by atoms with E-state index in [9.17, 15) is 0 Å². The van der Waals surface area contributed by atoms with Gasteiger partial charge in [-0.15, -0.1) is 0 Å². The summed E-state index contributed by atoms with van der Waals surface area (Å²) in [4.78, 5) is 0. The molecule has 0 aliphatic carbocycles. The van der Waals surface area contributed by atoms with Gasteiger partial charge in [0.05, 0.1) is 13.2 Å². The molecule has 0 heterocycles. The van der Waals surface area contributed by atoms with Crippen molar-refractivity contribution in [2.45, 2.75) is 12.5 Å². The molecule has 0 bridgehead atoms. The number of halogens is 1. The molecule has 0 fully saturated rings. The maximum Gasteiger partial charge on any atom is 0.130 e. The van der Waals surface area contributed by atoms with Gasteiger partial charge in [0.2, 0.25) is 0 Å². The topological polar surface area (TPSA) is 59.0 Å². The number of nitrogens with zero attached hydrogens (tertiary/aromatic N) is 1. The Morgan fingerprint density at radius 1 is 1.57 bits per heavy atom. The van der Waals surface area contributed by atoms with E-state index in [1.807, 2.05) is 12.1 Å². The third kappa shape index (κ3) is 2.06. The molecule has 1 aromatic rings. The first-order valence-electron chi connectivity index (χ1n) is 4.05. The van der Waals surface area contributed by atoms with Gasteiger partial charge in [-0.1, -0.05) is 15.9 Å². The van der Waals surface area contributed by atoms with E-state index in [1.54, 1.807) is 26.2 Å². The van der Waals surface area contributed by atoms with Crippen molar-refractivity contribution in [3.05, 3.63) is 28.2 Å². The second kappa shape index (κ2) is 3.99. The minimum atomic E-state index is -1.03. The van der Waals surface area contributed by atoms with Crippen molar-refractivity contribution < 1.29 is 4.74 Å². The van der Waals surface area contributed by atoms with Crippen molar-refractivity contribution in [1.82, 2.24) is 0 Å². The van der Waals surface area contributed by atoms with Crippen LogP contribution in [-0.2, 0) is 5.54 Å². The maximum atomic E-state index is 8.91. The van der Waals surface area contributed by atoms with Crippen molar-refractivity contribution >= 4 is 15.9 Å². The molecule has 1 rings (SSSR count). The summed E-state index contributed by atoms with van der Waals surface area (Å²) in [6.07, 6.45) is 0. The van der Waals surface area contributed by atoms with Gasteiger partial charge in [0.25, 0.3) is 0 Å². The Bertz CT molecular complexity index is 382. The van der Waals surface area contributed by atoms with Crippen LogP contribution in [0.3, 0.4) is 0 Å². The summed E-state index contributed by atoms with van der Waals surface area (Å²) in [6, 6.07) is 7.45. The van der Waals surface area contributed by atoms with Crippen LogP contribution in [0.1, 0.15) is 12.5 Å². The van der Waals surface area contributed by atoms with Gasteiger partial charge in [0, 0.05) is 10.0 Å². The van der Waals surface area contributed by atoms with Gasteiger partial charge in [0.1, 0.15) is 11.3 Å². The van der Waals surface area contributed by atoms with Crippen LogP contribution in [0.15, 0.2) is 22.7 Å². The Kier molecular flexibility index (Phi) is 3.14. The van der Waals surface area contributed by atoms with Gasteiger partial charge < -0.3 is 10.5 Å². The zero-order valence-corrected chi connectivity index (χ0v) is 9.63. The Morgan fingerprint density at radius 3 is 2.71 bits per heavy atom. The number of benzene rings is 1. The minimum Gasteiger partial charge on any atom is -0.496 e. The molecular formula is C10H11BrN2O. The molecule has 0 amide bonds. The van der Waals surface area contributed by atoms with Gasteiger partial charge in [-0.3, -0.25) is 0 Å². The molecule has 0 aromatic heterocycles. The van der Waals surface area contributed by atoms with Crippen LogP contribution in [0.25, 0.3) is 0 Å². The monoisotopic (exact) mass is 254 g/mol. The van der Waals surface area contributed by atoms with Crippen molar-refractivity contribution in [1.29, 1.82) is 5.26 Å². The first kappa shape index (κ1) is 11.0. The van der Waals surface area contributed by atoms with Gasteiger partial charge in [-0.2, -0.15) is 5.26 Å². The molecule has 2 N–H and O–H groups in total. The fraction of sp³-hybridized carbons (Fsp3) is 0.300. The molecule has 1 unspecified atom stereocenters. The maximum absolute atomic E-state index is 8.91. The quantitative estimate of drug-likeness (QED) is 0.880. The summed E-state index contributed by atoms with van der Waals surface area (Å²) in [6.45, 7) is 1.65. The predicted molar refractivity (Wildman–Crippen MR) is 57.8 cm³/mol. The van der Waals surface area contributed by atoms with Crippen LogP contribution in [0.4, 0.5) is 0 Å². The second-order valence-electron chi connectivity index (χ2n) is 3.16. The van der Waals surface area contributed by atoms with Crippen molar-refractivity contribution in [2.75, 3.05) is 7.11 Å². The molecule has 0 saturated heterocycles. The first-order chi connectivity index (χ1) is 6.51. The molecule has 74 valence electrons. The molecule has 1 aromatic carbocycles. The van der Waals surface area contributed by atoms with Crippen LogP contribution in [0.2, 0.25) is 0 Å². The molecule has 0 aliphatic rings. The van der Waals surface area contributed by atoms with Crippen LogP contribution in [0.5, 0.6) is 5.75 Å². The molecule has 0 spiro atoms. The lowest BCUT2D eigenvalue weighted by Crippen LogP contribution is -2.31. The van der Waals surface area contributed by atoms with E-state index in [0.29, 0.717) is 11.3 Å². The number of hydrogen-bond acceptors (Lipinski definition) is 3. The van der Waals surface area contributed by atoms with E-state index in [-0.39, 0.29) is 0 Å². The molecule has 0 saturated carbocycles. The Morgan fingerprint density at radius 2 is 2.21 bits per heavy atom. The average molecular weight is 255 g/mol. The van der Waals surface area contributed by atoms with E-state index in [2.05, 4.69) is 15.9 Å². The second-order valence-corrected chi connectivity index (χ2v) is 4.07. The van der Waals surface area contributed by atoms with Gasteiger partial charge in [-0.25, -0.2) is 0 Å². The summed E-state index contributed by atoms with van der Waals surface area (Å²) in [5.74, 6) is 0.625. The summed E-state index contributed by atoms with van der Waals surface area (Å²) in [7, 11) is 1.56. The fourth-order valence-corrected chi connectivity index (χ4v) is 1.51. The highest BCUT2D eigenvalue weighted by Gasteiger charge is 2.24. The van der Waals surface area contributed by atoms with E-state index in [0.717, 1.165) is 4.47 Å². The Labute approximate surface area is 91.6 Å². The van der Waals surface area contributed by atoms with Crippen molar-refractivity contribution in [2.24, 2.45) is 5.73 Å². The van der Waals surface area contributed by atoms with Crippen LogP contribution in [0, 0.1) is 11.3 Å². The lowest BCUT2D eigenvalue weighted by atomic mass is 9.94. The minimum absolute atomic E-state index is 0.625. The molecule has 0 aliphatic heterocycles. The highest BCUT2D eigenvalue weighted by atomic mass is 79.9. The smallest absolute Gasteiger partial charge is 0.130 e. The van der Waals surface area contributed by atoms with E-state index >= 15 is 0 Å². The summed E-state index contributed by atoms with van der Waals surface area (Å²) in [5, 5.41) is 8.91. The zero-order valence-electron chi connectivity index (χ0n) is 8.04. The highest BCUT2D eigenvalue weighted by Crippen LogP contribution is 2.30. The molecular weight excluding hydrogens is 244 g/mol.